The van der Waals surface area contributed by atoms with Crippen LogP contribution >= 0.6 is 11.6 Å². The summed E-state index contributed by atoms with van der Waals surface area (Å²) in [6.45, 7) is 8.66. The van der Waals surface area contributed by atoms with Gasteiger partial charge in [0.1, 0.15) is 0 Å². The normalized spacial score (nSPS) is 19.6. The summed E-state index contributed by atoms with van der Waals surface area (Å²) in [5.74, 6) is 0.608. The maximum atomic E-state index is 9.34. The summed E-state index contributed by atoms with van der Waals surface area (Å²) in [6, 6.07) is 8.43. The van der Waals surface area contributed by atoms with E-state index in [-0.39, 0.29) is 0 Å². The number of hydrogen-bond acceptors (Lipinski definition) is 3. The summed E-state index contributed by atoms with van der Waals surface area (Å²) >= 11 is 6.14. The Morgan fingerprint density at radius 2 is 2.23 bits per heavy atom. The zero-order valence-corrected chi connectivity index (χ0v) is 14.6. The van der Waals surface area contributed by atoms with Gasteiger partial charge in [-0.3, -0.25) is 4.90 Å². The fourth-order valence-corrected chi connectivity index (χ4v) is 3.46. The van der Waals surface area contributed by atoms with Gasteiger partial charge in [0.25, 0.3) is 0 Å². The zero-order chi connectivity index (χ0) is 16.1. The molecular weight excluding hydrogens is 294 g/mol. The van der Waals surface area contributed by atoms with Crippen LogP contribution in [-0.4, -0.2) is 42.5 Å². The van der Waals surface area contributed by atoms with Crippen molar-refractivity contribution in [2.24, 2.45) is 5.92 Å². The topological polar surface area (TPSA) is 30.3 Å². The highest BCUT2D eigenvalue weighted by molar-refractivity contribution is 6.30. The van der Waals surface area contributed by atoms with Crippen LogP contribution in [0.15, 0.2) is 18.2 Å². The SMILES string of the molecule is CC(C)CN(Cc1cc(Cl)ccc1C#N)[C@@H]1CCCN(C)C1. The van der Waals surface area contributed by atoms with Crippen molar-refractivity contribution in [3.63, 3.8) is 0 Å². The van der Waals surface area contributed by atoms with Crippen LogP contribution in [0.2, 0.25) is 5.02 Å². The molecule has 1 aliphatic rings. The first-order chi connectivity index (χ1) is 10.5. The number of nitrogens with zero attached hydrogens (tertiary/aromatic N) is 3. The van der Waals surface area contributed by atoms with Gasteiger partial charge in [0.2, 0.25) is 0 Å². The first-order valence-electron chi connectivity index (χ1n) is 8.10. The maximum absolute atomic E-state index is 9.34. The standard InChI is InChI=1S/C18H26ClN3/c1-14(2)11-22(18-5-4-8-21(3)13-18)12-16-9-17(19)7-6-15(16)10-20/h6-7,9,14,18H,4-5,8,11-13H2,1-3H3/t18-/m1/s1. The molecule has 0 N–H and O–H groups in total. The minimum Gasteiger partial charge on any atom is -0.305 e. The lowest BCUT2D eigenvalue weighted by Crippen LogP contribution is -2.47. The molecule has 1 aromatic carbocycles. The summed E-state index contributed by atoms with van der Waals surface area (Å²) < 4.78 is 0. The van der Waals surface area contributed by atoms with Crippen LogP contribution in [0.1, 0.15) is 37.8 Å². The number of likely N-dealkylation sites (N-methyl/N-ethyl adjacent to an activating group) is 1. The average Bonchev–Trinajstić information content (AvgIpc) is 2.46. The molecular formula is C18H26ClN3. The number of piperidine rings is 1. The number of halogens is 1. The van der Waals surface area contributed by atoms with E-state index in [1.54, 1.807) is 6.07 Å². The van der Waals surface area contributed by atoms with Gasteiger partial charge in [0, 0.05) is 30.7 Å². The molecule has 0 bridgehead atoms. The van der Waals surface area contributed by atoms with Crippen LogP contribution in [0.25, 0.3) is 0 Å². The molecule has 1 saturated heterocycles. The molecule has 0 radical (unpaired) electrons. The molecule has 0 aliphatic carbocycles. The monoisotopic (exact) mass is 319 g/mol. The lowest BCUT2D eigenvalue weighted by atomic mass is 10.0. The first kappa shape index (κ1) is 17.3. The highest BCUT2D eigenvalue weighted by atomic mass is 35.5. The second-order valence-electron chi connectivity index (χ2n) is 6.79. The van der Waals surface area contributed by atoms with E-state index in [4.69, 9.17) is 11.6 Å². The second kappa shape index (κ2) is 7.97. The van der Waals surface area contributed by atoms with Gasteiger partial charge in [-0.25, -0.2) is 0 Å². The fraction of sp³-hybridized carbons (Fsp3) is 0.611. The Morgan fingerprint density at radius 3 is 2.86 bits per heavy atom. The van der Waals surface area contributed by atoms with Gasteiger partial charge >= 0.3 is 0 Å². The Morgan fingerprint density at radius 1 is 1.45 bits per heavy atom. The highest BCUT2D eigenvalue weighted by Crippen LogP contribution is 2.22. The highest BCUT2D eigenvalue weighted by Gasteiger charge is 2.25. The van der Waals surface area contributed by atoms with Crippen molar-refractivity contribution in [2.45, 2.75) is 39.3 Å². The molecule has 0 unspecified atom stereocenters. The molecule has 4 heteroatoms. The Hall–Kier alpha value is -1.08. The van der Waals surface area contributed by atoms with E-state index in [9.17, 15) is 5.26 Å². The van der Waals surface area contributed by atoms with Gasteiger partial charge in [-0.1, -0.05) is 25.4 Å². The summed E-state index contributed by atoms with van der Waals surface area (Å²) in [5, 5.41) is 10.0. The van der Waals surface area contributed by atoms with Gasteiger partial charge in [0.15, 0.2) is 0 Å². The third kappa shape index (κ3) is 4.71. The van der Waals surface area contributed by atoms with Crippen molar-refractivity contribution >= 4 is 11.6 Å². The maximum Gasteiger partial charge on any atom is 0.0995 e. The Kier molecular flexibility index (Phi) is 6.26. The lowest BCUT2D eigenvalue weighted by molar-refractivity contribution is 0.0949. The summed E-state index contributed by atoms with van der Waals surface area (Å²) in [7, 11) is 2.19. The summed E-state index contributed by atoms with van der Waals surface area (Å²) in [4.78, 5) is 4.94. The van der Waals surface area contributed by atoms with Gasteiger partial charge in [-0.05, 0) is 56.1 Å². The molecule has 1 aliphatic heterocycles. The zero-order valence-electron chi connectivity index (χ0n) is 13.8. The van der Waals surface area contributed by atoms with E-state index in [1.165, 1.54) is 19.4 Å². The van der Waals surface area contributed by atoms with E-state index in [0.29, 0.717) is 17.0 Å². The Labute approximate surface area is 139 Å². The van der Waals surface area contributed by atoms with Crippen molar-refractivity contribution in [1.82, 2.24) is 9.80 Å². The third-order valence-corrected chi connectivity index (χ3v) is 4.51. The number of benzene rings is 1. The van der Waals surface area contributed by atoms with E-state index in [1.807, 2.05) is 12.1 Å². The lowest BCUT2D eigenvalue weighted by Gasteiger charge is -2.39. The quantitative estimate of drug-likeness (QED) is 0.827. The molecule has 0 spiro atoms. The molecule has 1 atom stereocenters. The Bertz CT molecular complexity index is 536. The number of hydrogen-bond donors (Lipinski definition) is 0. The predicted octanol–water partition coefficient (Wildman–Crippen LogP) is 3.76. The molecule has 1 heterocycles. The van der Waals surface area contributed by atoms with Gasteiger partial charge < -0.3 is 4.90 Å². The van der Waals surface area contributed by atoms with Crippen LogP contribution in [-0.2, 0) is 6.54 Å². The fourth-order valence-electron chi connectivity index (χ4n) is 3.27. The first-order valence-corrected chi connectivity index (χ1v) is 8.48. The van der Waals surface area contributed by atoms with Crippen LogP contribution in [0, 0.1) is 17.2 Å². The smallest absolute Gasteiger partial charge is 0.0995 e. The van der Waals surface area contributed by atoms with E-state index in [2.05, 4.69) is 36.8 Å². The van der Waals surface area contributed by atoms with Crippen molar-refractivity contribution in [1.29, 1.82) is 5.26 Å². The molecule has 22 heavy (non-hydrogen) atoms. The van der Waals surface area contributed by atoms with Crippen LogP contribution in [0.5, 0.6) is 0 Å². The molecule has 0 aromatic heterocycles. The van der Waals surface area contributed by atoms with Crippen LogP contribution in [0.4, 0.5) is 0 Å². The minimum absolute atomic E-state index is 0.562. The molecule has 3 nitrogen and oxygen atoms in total. The molecule has 1 fully saturated rings. The van der Waals surface area contributed by atoms with E-state index < -0.39 is 0 Å². The molecule has 1 aromatic rings. The van der Waals surface area contributed by atoms with Crippen molar-refractivity contribution in [3.8, 4) is 6.07 Å². The van der Waals surface area contributed by atoms with Crippen molar-refractivity contribution < 1.29 is 0 Å². The van der Waals surface area contributed by atoms with Gasteiger partial charge in [0.05, 0.1) is 11.6 Å². The summed E-state index contributed by atoms with van der Waals surface area (Å²) in [5.41, 5.74) is 1.78. The van der Waals surface area contributed by atoms with Crippen molar-refractivity contribution in [3.05, 3.63) is 34.3 Å². The Balaban J connectivity index is 2.19. The minimum atomic E-state index is 0.562. The number of rotatable bonds is 5. The second-order valence-corrected chi connectivity index (χ2v) is 7.23. The van der Waals surface area contributed by atoms with Crippen LogP contribution in [0.3, 0.4) is 0 Å². The van der Waals surface area contributed by atoms with Crippen molar-refractivity contribution in [2.75, 3.05) is 26.7 Å². The van der Waals surface area contributed by atoms with Gasteiger partial charge in [-0.15, -0.1) is 0 Å². The largest absolute Gasteiger partial charge is 0.305 e. The molecule has 0 amide bonds. The molecule has 0 saturated carbocycles. The predicted molar refractivity (Wildman–Crippen MR) is 91.9 cm³/mol. The number of nitriles is 1. The number of likely N-dealkylation sites (tertiary alicyclic amines) is 1. The third-order valence-electron chi connectivity index (χ3n) is 4.28. The average molecular weight is 320 g/mol. The van der Waals surface area contributed by atoms with E-state index in [0.717, 1.165) is 30.8 Å². The van der Waals surface area contributed by atoms with E-state index >= 15 is 0 Å². The van der Waals surface area contributed by atoms with Crippen LogP contribution < -0.4 is 0 Å². The summed E-state index contributed by atoms with van der Waals surface area (Å²) in [6.07, 6.45) is 2.48. The molecule has 2 rings (SSSR count). The molecule has 120 valence electrons. The van der Waals surface area contributed by atoms with Gasteiger partial charge in [-0.2, -0.15) is 5.26 Å².